The highest BCUT2D eigenvalue weighted by molar-refractivity contribution is 5.94. The predicted molar refractivity (Wildman–Crippen MR) is 69.2 cm³/mol. The largest absolute Gasteiger partial charge is 0.481 e. The SMILES string of the molecule is COc1ccc(C(=O)NC(C)CCCC(=O)O)cn1. The van der Waals surface area contributed by atoms with Crippen molar-refractivity contribution in [1.29, 1.82) is 0 Å². The third-order valence-corrected chi connectivity index (χ3v) is 2.61. The second-order valence-corrected chi connectivity index (χ2v) is 4.25. The molecule has 2 N–H and O–H groups in total. The summed E-state index contributed by atoms with van der Waals surface area (Å²) in [5, 5.41) is 11.3. The van der Waals surface area contributed by atoms with Crippen LogP contribution in [-0.2, 0) is 4.79 Å². The van der Waals surface area contributed by atoms with E-state index in [0.29, 0.717) is 24.3 Å². The van der Waals surface area contributed by atoms with Crippen molar-refractivity contribution in [2.45, 2.75) is 32.2 Å². The molecule has 1 amide bonds. The van der Waals surface area contributed by atoms with Gasteiger partial charge in [0.15, 0.2) is 0 Å². The molecule has 1 unspecified atom stereocenters. The van der Waals surface area contributed by atoms with Crippen LogP contribution in [0.4, 0.5) is 0 Å². The number of carbonyl (C=O) groups is 2. The molecular formula is C13H18N2O4. The number of aliphatic carboxylic acids is 1. The van der Waals surface area contributed by atoms with E-state index in [1.807, 2.05) is 6.92 Å². The Bertz CT molecular complexity index is 431. The summed E-state index contributed by atoms with van der Waals surface area (Å²) in [6.07, 6.45) is 2.72. The minimum Gasteiger partial charge on any atom is -0.481 e. The van der Waals surface area contributed by atoms with Crippen molar-refractivity contribution in [1.82, 2.24) is 10.3 Å². The maximum atomic E-state index is 11.8. The normalized spacial score (nSPS) is 11.7. The first-order valence-electron chi connectivity index (χ1n) is 6.05. The van der Waals surface area contributed by atoms with Crippen molar-refractivity contribution < 1.29 is 19.4 Å². The van der Waals surface area contributed by atoms with Gasteiger partial charge in [-0.15, -0.1) is 0 Å². The van der Waals surface area contributed by atoms with Gasteiger partial charge in [0.25, 0.3) is 5.91 Å². The highest BCUT2D eigenvalue weighted by Crippen LogP contribution is 2.07. The molecule has 0 aliphatic carbocycles. The molecule has 1 atom stereocenters. The maximum absolute atomic E-state index is 11.8. The molecule has 0 bridgehead atoms. The summed E-state index contributed by atoms with van der Waals surface area (Å²) < 4.78 is 4.91. The van der Waals surface area contributed by atoms with Crippen LogP contribution in [0.3, 0.4) is 0 Å². The summed E-state index contributed by atoms with van der Waals surface area (Å²) in [4.78, 5) is 26.2. The second kappa shape index (κ2) is 7.35. The van der Waals surface area contributed by atoms with Gasteiger partial charge in [-0.2, -0.15) is 0 Å². The summed E-state index contributed by atoms with van der Waals surface area (Å²) in [7, 11) is 1.51. The molecule has 0 radical (unpaired) electrons. The van der Waals surface area contributed by atoms with E-state index in [0.717, 1.165) is 0 Å². The fourth-order valence-corrected chi connectivity index (χ4v) is 1.57. The van der Waals surface area contributed by atoms with Gasteiger partial charge in [-0.05, 0) is 25.8 Å². The van der Waals surface area contributed by atoms with Gasteiger partial charge in [-0.25, -0.2) is 4.98 Å². The van der Waals surface area contributed by atoms with Crippen LogP contribution in [0.25, 0.3) is 0 Å². The van der Waals surface area contributed by atoms with Gasteiger partial charge < -0.3 is 15.2 Å². The third-order valence-electron chi connectivity index (χ3n) is 2.61. The van der Waals surface area contributed by atoms with Crippen LogP contribution in [-0.4, -0.2) is 35.1 Å². The minimum atomic E-state index is -0.821. The lowest BCUT2D eigenvalue weighted by Gasteiger charge is -2.13. The van der Waals surface area contributed by atoms with Gasteiger partial charge in [0.1, 0.15) is 0 Å². The zero-order valence-electron chi connectivity index (χ0n) is 11.0. The predicted octanol–water partition coefficient (Wildman–Crippen LogP) is 1.46. The van der Waals surface area contributed by atoms with Crippen LogP contribution in [0, 0.1) is 0 Å². The number of nitrogens with one attached hydrogen (secondary N) is 1. The quantitative estimate of drug-likeness (QED) is 0.780. The molecule has 1 heterocycles. The number of rotatable bonds is 7. The molecule has 0 aliphatic rings. The Morgan fingerprint density at radius 2 is 2.21 bits per heavy atom. The number of nitrogens with zero attached hydrogens (tertiary/aromatic N) is 1. The first kappa shape index (κ1) is 14.9. The van der Waals surface area contributed by atoms with E-state index < -0.39 is 5.97 Å². The minimum absolute atomic E-state index is 0.0750. The number of amides is 1. The lowest BCUT2D eigenvalue weighted by molar-refractivity contribution is -0.137. The van der Waals surface area contributed by atoms with E-state index >= 15 is 0 Å². The smallest absolute Gasteiger partial charge is 0.303 e. The number of hydrogen-bond donors (Lipinski definition) is 2. The fraction of sp³-hybridized carbons (Fsp3) is 0.462. The van der Waals surface area contributed by atoms with Crippen LogP contribution in [0.1, 0.15) is 36.5 Å². The molecule has 0 spiro atoms. The summed E-state index contributed by atoms with van der Waals surface area (Å²) >= 11 is 0. The van der Waals surface area contributed by atoms with Gasteiger partial charge in [-0.1, -0.05) is 0 Å². The number of aromatic nitrogens is 1. The lowest BCUT2D eigenvalue weighted by atomic mass is 10.1. The van der Waals surface area contributed by atoms with Gasteiger partial charge in [0.2, 0.25) is 5.88 Å². The van der Waals surface area contributed by atoms with Gasteiger partial charge in [-0.3, -0.25) is 9.59 Å². The molecule has 1 aromatic rings. The zero-order valence-corrected chi connectivity index (χ0v) is 11.0. The monoisotopic (exact) mass is 266 g/mol. The molecule has 104 valence electrons. The highest BCUT2D eigenvalue weighted by Gasteiger charge is 2.10. The number of methoxy groups -OCH3 is 1. The molecule has 0 aromatic carbocycles. The molecule has 1 aromatic heterocycles. The summed E-state index contributed by atoms with van der Waals surface area (Å²) in [6.45, 7) is 1.84. The van der Waals surface area contributed by atoms with Crippen molar-refractivity contribution in [3.8, 4) is 5.88 Å². The number of carboxylic acids is 1. The van der Waals surface area contributed by atoms with E-state index in [4.69, 9.17) is 9.84 Å². The van der Waals surface area contributed by atoms with Crippen LogP contribution < -0.4 is 10.1 Å². The molecular weight excluding hydrogens is 248 g/mol. The standard InChI is InChI=1S/C13H18N2O4/c1-9(4-3-5-12(16)17)15-13(18)10-6-7-11(19-2)14-8-10/h6-9H,3-5H2,1-2H3,(H,15,18)(H,16,17). The van der Waals surface area contributed by atoms with Crippen LogP contribution >= 0.6 is 0 Å². The second-order valence-electron chi connectivity index (χ2n) is 4.25. The molecule has 0 fully saturated rings. The Morgan fingerprint density at radius 3 is 2.74 bits per heavy atom. The molecule has 19 heavy (non-hydrogen) atoms. The van der Waals surface area contributed by atoms with Crippen molar-refractivity contribution in [2.24, 2.45) is 0 Å². The molecule has 0 aliphatic heterocycles. The number of carbonyl (C=O) groups excluding carboxylic acids is 1. The molecule has 0 saturated heterocycles. The molecule has 0 saturated carbocycles. The zero-order chi connectivity index (χ0) is 14.3. The number of ether oxygens (including phenoxy) is 1. The third kappa shape index (κ3) is 5.37. The van der Waals surface area contributed by atoms with Gasteiger partial charge >= 0.3 is 5.97 Å². The number of carboxylic acid groups (broad SMARTS) is 1. The van der Waals surface area contributed by atoms with Crippen molar-refractivity contribution >= 4 is 11.9 Å². The van der Waals surface area contributed by atoms with Crippen LogP contribution in [0.2, 0.25) is 0 Å². The average molecular weight is 266 g/mol. The number of pyridine rings is 1. The Kier molecular flexibility index (Phi) is 5.78. The molecule has 6 heteroatoms. The Morgan fingerprint density at radius 1 is 1.47 bits per heavy atom. The Balaban J connectivity index is 2.42. The first-order chi connectivity index (χ1) is 9.02. The Hall–Kier alpha value is -2.11. The van der Waals surface area contributed by atoms with Crippen molar-refractivity contribution in [3.05, 3.63) is 23.9 Å². The van der Waals surface area contributed by atoms with E-state index in [1.165, 1.54) is 13.3 Å². The van der Waals surface area contributed by atoms with Gasteiger partial charge in [0.05, 0.1) is 12.7 Å². The maximum Gasteiger partial charge on any atom is 0.303 e. The van der Waals surface area contributed by atoms with E-state index in [1.54, 1.807) is 12.1 Å². The van der Waals surface area contributed by atoms with E-state index in [2.05, 4.69) is 10.3 Å². The summed E-state index contributed by atoms with van der Waals surface area (Å²) in [6, 6.07) is 3.17. The fourth-order valence-electron chi connectivity index (χ4n) is 1.57. The lowest BCUT2D eigenvalue weighted by Crippen LogP contribution is -2.32. The molecule has 1 rings (SSSR count). The van der Waals surface area contributed by atoms with Crippen LogP contribution in [0.5, 0.6) is 5.88 Å². The van der Waals surface area contributed by atoms with Gasteiger partial charge in [0, 0.05) is 24.7 Å². The van der Waals surface area contributed by atoms with E-state index in [9.17, 15) is 9.59 Å². The first-order valence-corrected chi connectivity index (χ1v) is 6.05. The summed E-state index contributed by atoms with van der Waals surface area (Å²) in [5.74, 6) is -0.595. The number of hydrogen-bond acceptors (Lipinski definition) is 4. The Labute approximate surface area is 111 Å². The van der Waals surface area contributed by atoms with Crippen LogP contribution in [0.15, 0.2) is 18.3 Å². The topological polar surface area (TPSA) is 88.5 Å². The highest BCUT2D eigenvalue weighted by atomic mass is 16.5. The van der Waals surface area contributed by atoms with Crippen molar-refractivity contribution in [2.75, 3.05) is 7.11 Å². The van der Waals surface area contributed by atoms with E-state index in [-0.39, 0.29) is 18.4 Å². The van der Waals surface area contributed by atoms with Crippen molar-refractivity contribution in [3.63, 3.8) is 0 Å². The summed E-state index contributed by atoms with van der Waals surface area (Å²) in [5.41, 5.74) is 0.450. The average Bonchev–Trinajstić information content (AvgIpc) is 2.38. The molecule has 6 nitrogen and oxygen atoms in total.